The number of rotatable bonds is 5. The number of hydrogen-bond acceptors (Lipinski definition) is 3. The van der Waals surface area contributed by atoms with E-state index >= 15 is 0 Å². The van der Waals surface area contributed by atoms with Gasteiger partial charge in [0.2, 0.25) is 0 Å². The van der Waals surface area contributed by atoms with Gasteiger partial charge in [-0.05, 0) is 24.7 Å². The summed E-state index contributed by atoms with van der Waals surface area (Å²) >= 11 is 0. The number of likely N-dealkylation sites (tertiary alicyclic amines) is 1. The second-order valence-corrected chi connectivity index (χ2v) is 5.75. The molecule has 2 aliphatic rings. The minimum atomic E-state index is -0.922. The van der Waals surface area contributed by atoms with Crippen LogP contribution in [0.25, 0.3) is 0 Å². The van der Waals surface area contributed by atoms with Gasteiger partial charge in [0.15, 0.2) is 0 Å². The number of hydrogen-bond donors (Lipinski definition) is 2. The third-order valence-electron chi connectivity index (χ3n) is 4.35. The van der Waals surface area contributed by atoms with E-state index in [1.807, 2.05) is 4.90 Å². The standard InChI is InChI=1S/C13H21NO4/c15-11(16)5-4-10(12(17)18)14-8-13(9-14)6-2-1-3-7-13/h10H,1-9H2,(H,15,16)(H,17,18). The fraction of sp³-hybridized carbons (Fsp3) is 0.846. The SMILES string of the molecule is O=C(O)CCC(C(=O)O)N1CC2(CCCCC2)C1. The lowest BCUT2D eigenvalue weighted by atomic mass is 9.68. The Labute approximate surface area is 107 Å². The number of carboxylic acid groups (broad SMARTS) is 2. The van der Waals surface area contributed by atoms with Gasteiger partial charge in [-0.15, -0.1) is 0 Å². The molecule has 2 rings (SSSR count). The predicted octanol–water partition coefficient (Wildman–Crippen LogP) is 1.57. The molecule has 1 saturated heterocycles. The highest BCUT2D eigenvalue weighted by molar-refractivity contribution is 5.75. The molecular formula is C13H21NO4. The molecule has 0 aromatic rings. The van der Waals surface area contributed by atoms with Gasteiger partial charge in [-0.3, -0.25) is 14.5 Å². The lowest BCUT2D eigenvalue weighted by Crippen LogP contribution is -2.62. The lowest BCUT2D eigenvalue weighted by molar-refractivity contribution is -0.152. The largest absolute Gasteiger partial charge is 0.481 e. The topological polar surface area (TPSA) is 77.8 Å². The van der Waals surface area contributed by atoms with Crippen LogP contribution in [-0.2, 0) is 9.59 Å². The van der Waals surface area contributed by atoms with Crippen LogP contribution in [0.15, 0.2) is 0 Å². The van der Waals surface area contributed by atoms with E-state index in [-0.39, 0.29) is 12.8 Å². The van der Waals surface area contributed by atoms with E-state index in [1.54, 1.807) is 0 Å². The highest BCUT2D eigenvalue weighted by atomic mass is 16.4. The fourth-order valence-corrected chi connectivity index (χ4v) is 3.38. The van der Waals surface area contributed by atoms with Crippen LogP contribution in [0.3, 0.4) is 0 Å². The van der Waals surface area contributed by atoms with Crippen LogP contribution in [-0.4, -0.2) is 46.2 Å². The van der Waals surface area contributed by atoms with Gasteiger partial charge in [0.25, 0.3) is 0 Å². The number of carbonyl (C=O) groups is 2. The summed E-state index contributed by atoms with van der Waals surface area (Å²) in [5.74, 6) is -1.81. The molecule has 0 radical (unpaired) electrons. The molecule has 1 saturated carbocycles. The Morgan fingerprint density at radius 3 is 2.22 bits per heavy atom. The van der Waals surface area contributed by atoms with Gasteiger partial charge in [0, 0.05) is 19.5 Å². The van der Waals surface area contributed by atoms with Crippen LogP contribution in [0.4, 0.5) is 0 Å². The molecule has 18 heavy (non-hydrogen) atoms. The van der Waals surface area contributed by atoms with Crippen molar-refractivity contribution in [1.82, 2.24) is 4.90 Å². The molecule has 2 N–H and O–H groups in total. The monoisotopic (exact) mass is 255 g/mol. The zero-order valence-electron chi connectivity index (χ0n) is 10.6. The lowest BCUT2D eigenvalue weighted by Gasteiger charge is -2.54. The Balaban J connectivity index is 1.86. The third kappa shape index (κ3) is 2.83. The van der Waals surface area contributed by atoms with Crippen molar-refractivity contribution in [2.45, 2.75) is 51.0 Å². The molecule has 1 spiro atoms. The fourth-order valence-electron chi connectivity index (χ4n) is 3.38. The minimum Gasteiger partial charge on any atom is -0.481 e. The van der Waals surface area contributed by atoms with E-state index in [0.29, 0.717) is 5.41 Å². The molecular weight excluding hydrogens is 234 g/mol. The van der Waals surface area contributed by atoms with Gasteiger partial charge in [-0.2, -0.15) is 0 Å². The van der Waals surface area contributed by atoms with Crippen molar-refractivity contribution >= 4 is 11.9 Å². The van der Waals surface area contributed by atoms with Gasteiger partial charge in [0.05, 0.1) is 0 Å². The molecule has 0 aromatic carbocycles. The van der Waals surface area contributed by atoms with Gasteiger partial charge >= 0.3 is 11.9 Å². The first-order valence-corrected chi connectivity index (χ1v) is 6.71. The summed E-state index contributed by atoms with van der Waals surface area (Å²) in [6.07, 6.45) is 6.34. The minimum absolute atomic E-state index is 0.0690. The zero-order chi connectivity index (χ0) is 13.2. The predicted molar refractivity (Wildman–Crippen MR) is 65.4 cm³/mol. The van der Waals surface area contributed by atoms with E-state index in [1.165, 1.54) is 32.1 Å². The molecule has 0 amide bonds. The highest BCUT2D eigenvalue weighted by Crippen LogP contribution is 2.44. The summed E-state index contributed by atoms with van der Waals surface area (Å²) in [5.41, 5.74) is 0.342. The maximum absolute atomic E-state index is 11.2. The molecule has 1 aliphatic carbocycles. The van der Waals surface area contributed by atoms with Crippen molar-refractivity contribution in [3.63, 3.8) is 0 Å². The number of aliphatic carboxylic acids is 2. The zero-order valence-corrected chi connectivity index (χ0v) is 10.6. The maximum Gasteiger partial charge on any atom is 0.320 e. The molecule has 1 heterocycles. The van der Waals surface area contributed by atoms with Crippen LogP contribution in [0.5, 0.6) is 0 Å². The summed E-state index contributed by atoms with van der Waals surface area (Å²) in [6.45, 7) is 1.67. The molecule has 5 nitrogen and oxygen atoms in total. The molecule has 1 aliphatic heterocycles. The summed E-state index contributed by atoms with van der Waals surface area (Å²) < 4.78 is 0. The van der Waals surface area contributed by atoms with Crippen molar-refractivity contribution in [3.8, 4) is 0 Å². The average molecular weight is 255 g/mol. The molecule has 0 aromatic heterocycles. The van der Waals surface area contributed by atoms with Gasteiger partial charge < -0.3 is 10.2 Å². The molecule has 0 bridgehead atoms. The van der Waals surface area contributed by atoms with E-state index in [2.05, 4.69) is 0 Å². The molecule has 1 unspecified atom stereocenters. The summed E-state index contributed by atoms with van der Waals surface area (Å²) in [6, 6.07) is -0.617. The smallest absolute Gasteiger partial charge is 0.320 e. The maximum atomic E-state index is 11.2. The van der Waals surface area contributed by atoms with Crippen molar-refractivity contribution in [3.05, 3.63) is 0 Å². The van der Waals surface area contributed by atoms with Crippen molar-refractivity contribution in [2.75, 3.05) is 13.1 Å². The first-order chi connectivity index (χ1) is 8.52. The highest BCUT2D eigenvalue weighted by Gasteiger charge is 2.47. The number of carboxylic acids is 2. The van der Waals surface area contributed by atoms with Crippen molar-refractivity contribution < 1.29 is 19.8 Å². The van der Waals surface area contributed by atoms with Gasteiger partial charge in [-0.25, -0.2) is 0 Å². The van der Waals surface area contributed by atoms with Crippen LogP contribution >= 0.6 is 0 Å². The summed E-state index contributed by atoms with van der Waals surface area (Å²) in [7, 11) is 0. The van der Waals surface area contributed by atoms with Crippen LogP contribution in [0.2, 0.25) is 0 Å². The second kappa shape index (κ2) is 5.26. The molecule has 102 valence electrons. The average Bonchev–Trinajstić information content (AvgIpc) is 2.27. The van der Waals surface area contributed by atoms with E-state index in [4.69, 9.17) is 5.11 Å². The Morgan fingerprint density at radius 2 is 1.72 bits per heavy atom. The molecule has 5 heteroatoms. The summed E-state index contributed by atoms with van der Waals surface area (Å²) in [4.78, 5) is 23.7. The first kappa shape index (κ1) is 13.3. The van der Waals surface area contributed by atoms with Crippen LogP contribution < -0.4 is 0 Å². The van der Waals surface area contributed by atoms with Crippen molar-refractivity contribution in [2.24, 2.45) is 5.41 Å². The van der Waals surface area contributed by atoms with Crippen LogP contribution in [0, 0.1) is 5.41 Å². The van der Waals surface area contributed by atoms with E-state index in [0.717, 1.165) is 13.1 Å². The van der Waals surface area contributed by atoms with Gasteiger partial charge in [0.1, 0.15) is 6.04 Å². The second-order valence-electron chi connectivity index (χ2n) is 5.75. The Hall–Kier alpha value is -1.10. The summed E-state index contributed by atoms with van der Waals surface area (Å²) in [5, 5.41) is 17.8. The van der Waals surface area contributed by atoms with Gasteiger partial charge in [-0.1, -0.05) is 19.3 Å². The first-order valence-electron chi connectivity index (χ1n) is 6.71. The molecule has 1 atom stereocenters. The third-order valence-corrected chi connectivity index (χ3v) is 4.35. The van der Waals surface area contributed by atoms with Crippen LogP contribution in [0.1, 0.15) is 44.9 Å². The Bertz CT molecular complexity index is 328. The Kier molecular flexibility index (Phi) is 3.90. The number of nitrogens with zero attached hydrogens (tertiary/aromatic N) is 1. The van der Waals surface area contributed by atoms with Crippen molar-refractivity contribution in [1.29, 1.82) is 0 Å². The normalized spacial score (nSPS) is 24.4. The Morgan fingerprint density at radius 1 is 1.11 bits per heavy atom. The molecule has 2 fully saturated rings. The van der Waals surface area contributed by atoms with E-state index < -0.39 is 18.0 Å². The van der Waals surface area contributed by atoms with E-state index in [9.17, 15) is 14.7 Å². The quantitative estimate of drug-likeness (QED) is 0.779.